The minimum Gasteiger partial charge on any atom is -0.360 e. The van der Waals surface area contributed by atoms with Crippen molar-refractivity contribution in [2.45, 2.75) is 24.3 Å². The first kappa shape index (κ1) is 13.1. The first-order valence-corrected chi connectivity index (χ1v) is 7.43. The summed E-state index contributed by atoms with van der Waals surface area (Å²) in [5, 5.41) is 9.41. The molecule has 2 amide bonds. The standard InChI is InChI=1S/C14H15N3O2S/c1-9-8-13(17-19-9)16-14(18)15-11-6-7-20-12-5-3-2-4-10(11)12/h2-5,8,11H,6-7H2,1H3,(H2,15,16,17,18)/t11-/m1/s1. The molecule has 0 fully saturated rings. The number of fused-ring (bicyclic) bond motifs is 1. The number of aromatic nitrogens is 1. The van der Waals surface area contributed by atoms with Gasteiger partial charge in [0, 0.05) is 16.7 Å². The maximum absolute atomic E-state index is 12.0. The molecule has 0 radical (unpaired) electrons. The molecule has 1 aromatic heterocycles. The van der Waals surface area contributed by atoms with Crippen molar-refractivity contribution in [2.75, 3.05) is 11.1 Å². The second-order valence-corrected chi connectivity index (χ2v) is 5.79. The molecule has 1 atom stereocenters. The second-order valence-electron chi connectivity index (χ2n) is 4.65. The van der Waals surface area contributed by atoms with Crippen LogP contribution in [0.3, 0.4) is 0 Å². The number of nitrogens with one attached hydrogen (secondary N) is 2. The minimum atomic E-state index is -0.259. The van der Waals surface area contributed by atoms with E-state index in [1.807, 2.05) is 23.9 Å². The molecule has 2 heterocycles. The van der Waals surface area contributed by atoms with E-state index in [1.165, 1.54) is 10.5 Å². The molecule has 104 valence electrons. The maximum atomic E-state index is 12.0. The lowest BCUT2D eigenvalue weighted by Gasteiger charge is -2.25. The van der Waals surface area contributed by atoms with Gasteiger partial charge in [-0.3, -0.25) is 5.32 Å². The summed E-state index contributed by atoms with van der Waals surface area (Å²) < 4.78 is 4.92. The molecule has 1 aliphatic heterocycles. The minimum absolute atomic E-state index is 0.0421. The zero-order valence-electron chi connectivity index (χ0n) is 11.1. The van der Waals surface area contributed by atoms with Gasteiger partial charge in [-0.05, 0) is 25.0 Å². The van der Waals surface area contributed by atoms with Gasteiger partial charge in [-0.15, -0.1) is 11.8 Å². The van der Waals surface area contributed by atoms with Crippen LogP contribution < -0.4 is 10.6 Å². The Morgan fingerprint density at radius 1 is 1.45 bits per heavy atom. The van der Waals surface area contributed by atoms with Gasteiger partial charge in [0.1, 0.15) is 5.76 Å². The number of benzene rings is 1. The van der Waals surface area contributed by atoms with Crippen molar-refractivity contribution in [1.29, 1.82) is 0 Å². The van der Waals surface area contributed by atoms with Crippen molar-refractivity contribution in [3.63, 3.8) is 0 Å². The summed E-state index contributed by atoms with van der Waals surface area (Å²) in [5.74, 6) is 2.10. The van der Waals surface area contributed by atoms with Crippen LogP contribution in [-0.4, -0.2) is 16.9 Å². The lowest BCUT2D eigenvalue weighted by atomic mass is 10.0. The number of amides is 2. The molecule has 0 aliphatic carbocycles. The van der Waals surface area contributed by atoms with Gasteiger partial charge in [0.05, 0.1) is 6.04 Å². The third-order valence-electron chi connectivity index (χ3n) is 3.13. The number of nitrogens with zero attached hydrogens (tertiary/aromatic N) is 1. The van der Waals surface area contributed by atoms with E-state index in [-0.39, 0.29) is 12.1 Å². The van der Waals surface area contributed by atoms with Gasteiger partial charge in [-0.25, -0.2) is 4.79 Å². The molecule has 5 nitrogen and oxygen atoms in total. The normalized spacial score (nSPS) is 17.4. The first-order chi connectivity index (χ1) is 9.72. The van der Waals surface area contributed by atoms with Crippen molar-refractivity contribution in [3.8, 4) is 0 Å². The van der Waals surface area contributed by atoms with Crippen LogP contribution in [0.15, 0.2) is 39.8 Å². The Kier molecular flexibility index (Phi) is 3.64. The van der Waals surface area contributed by atoms with Crippen molar-refractivity contribution >= 4 is 23.6 Å². The molecule has 2 aromatic rings. The average Bonchev–Trinajstić information content (AvgIpc) is 2.84. The number of carbonyl (C=O) groups is 1. The molecule has 6 heteroatoms. The van der Waals surface area contributed by atoms with Crippen LogP contribution in [0.2, 0.25) is 0 Å². The van der Waals surface area contributed by atoms with E-state index in [1.54, 1.807) is 13.0 Å². The fraction of sp³-hybridized carbons (Fsp3) is 0.286. The molecule has 1 aromatic carbocycles. The zero-order chi connectivity index (χ0) is 13.9. The van der Waals surface area contributed by atoms with E-state index >= 15 is 0 Å². The highest BCUT2D eigenvalue weighted by molar-refractivity contribution is 7.99. The van der Waals surface area contributed by atoms with E-state index < -0.39 is 0 Å². The Morgan fingerprint density at radius 2 is 2.30 bits per heavy atom. The maximum Gasteiger partial charge on any atom is 0.320 e. The zero-order valence-corrected chi connectivity index (χ0v) is 11.9. The Hall–Kier alpha value is -1.95. The second kappa shape index (κ2) is 5.58. The van der Waals surface area contributed by atoms with Gasteiger partial charge >= 0.3 is 6.03 Å². The van der Waals surface area contributed by atoms with Gasteiger partial charge in [-0.2, -0.15) is 0 Å². The van der Waals surface area contributed by atoms with Crippen molar-refractivity contribution in [3.05, 3.63) is 41.7 Å². The predicted octanol–water partition coefficient (Wildman–Crippen LogP) is 3.34. The van der Waals surface area contributed by atoms with E-state index in [2.05, 4.69) is 27.9 Å². The highest BCUT2D eigenvalue weighted by atomic mass is 32.2. The number of hydrogen-bond donors (Lipinski definition) is 2. The van der Waals surface area contributed by atoms with Gasteiger partial charge in [0.25, 0.3) is 0 Å². The molecule has 1 aliphatic rings. The highest BCUT2D eigenvalue weighted by Crippen LogP contribution is 2.35. The van der Waals surface area contributed by atoms with Crippen molar-refractivity contribution in [1.82, 2.24) is 10.5 Å². The van der Waals surface area contributed by atoms with E-state index in [4.69, 9.17) is 4.52 Å². The monoisotopic (exact) mass is 289 g/mol. The number of carbonyl (C=O) groups excluding carboxylic acids is 1. The van der Waals surface area contributed by atoms with Gasteiger partial charge in [-0.1, -0.05) is 23.4 Å². The molecule has 0 saturated carbocycles. The lowest BCUT2D eigenvalue weighted by Crippen LogP contribution is -2.34. The Labute approximate surface area is 121 Å². The highest BCUT2D eigenvalue weighted by Gasteiger charge is 2.22. The molecule has 0 saturated heterocycles. The summed E-state index contributed by atoms with van der Waals surface area (Å²) in [4.78, 5) is 13.2. The summed E-state index contributed by atoms with van der Waals surface area (Å²) in [6.45, 7) is 1.78. The van der Waals surface area contributed by atoms with Crippen LogP contribution >= 0.6 is 11.8 Å². The summed E-state index contributed by atoms with van der Waals surface area (Å²) in [5.41, 5.74) is 1.18. The number of rotatable bonds is 2. The third-order valence-corrected chi connectivity index (χ3v) is 4.26. The predicted molar refractivity (Wildman–Crippen MR) is 77.9 cm³/mol. The topological polar surface area (TPSA) is 67.2 Å². The van der Waals surface area contributed by atoms with Gasteiger partial charge in [0.2, 0.25) is 0 Å². The van der Waals surface area contributed by atoms with E-state index in [0.717, 1.165) is 12.2 Å². The third kappa shape index (κ3) is 2.80. The number of hydrogen-bond acceptors (Lipinski definition) is 4. The van der Waals surface area contributed by atoms with Crippen molar-refractivity contribution < 1.29 is 9.32 Å². The molecule has 2 N–H and O–H groups in total. The van der Waals surface area contributed by atoms with Crippen LogP contribution in [0.4, 0.5) is 10.6 Å². The first-order valence-electron chi connectivity index (χ1n) is 6.45. The van der Waals surface area contributed by atoms with Gasteiger partial charge in [0.15, 0.2) is 5.82 Å². The molecular formula is C14H15N3O2S. The SMILES string of the molecule is Cc1cc(NC(=O)N[C@@H]2CCSc3ccccc32)no1. The largest absolute Gasteiger partial charge is 0.360 e. The van der Waals surface area contributed by atoms with Crippen molar-refractivity contribution in [2.24, 2.45) is 0 Å². The van der Waals surface area contributed by atoms with Crippen LogP contribution in [0.25, 0.3) is 0 Å². The molecular weight excluding hydrogens is 274 g/mol. The van der Waals surface area contributed by atoms with Gasteiger partial charge < -0.3 is 9.84 Å². The summed E-state index contributed by atoms with van der Waals surface area (Å²) >= 11 is 1.83. The van der Waals surface area contributed by atoms with Crippen LogP contribution in [0, 0.1) is 6.92 Å². The van der Waals surface area contributed by atoms with Crippen LogP contribution in [0.5, 0.6) is 0 Å². The molecule has 20 heavy (non-hydrogen) atoms. The summed E-state index contributed by atoms with van der Waals surface area (Å²) in [6, 6.07) is 9.64. The smallest absolute Gasteiger partial charge is 0.320 e. The number of urea groups is 1. The average molecular weight is 289 g/mol. The Balaban J connectivity index is 1.68. The Bertz CT molecular complexity index is 626. The molecule has 0 spiro atoms. The number of anilines is 1. The summed E-state index contributed by atoms with van der Waals surface area (Å²) in [6.07, 6.45) is 0.924. The Morgan fingerprint density at radius 3 is 3.10 bits per heavy atom. The van der Waals surface area contributed by atoms with Crippen LogP contribution in [0.1, 0.15) is 23.8 Å². The lowest BCUT2D eigenvalue weighted by molar-refractivity contribution is 0.247. The molecule has 0 bridgehead atoms. The van der Waals surface area contributed by atoms with E-state index in [9.17, 15) is 4.79 Å². The van der Waals surface area contributed by atoms with E-state index in [0.29, 0.717) is 11.6 Å². The quantitative estimate of drug-likeness (QED) is 0.889. The number of thioether (sulfide) groups is 1. The number of aryl methyl sites for hydroxylation is 1. The fourth-order valence-electron chi connectivity index (χ4n) is 2.23. The molecule has 3 rings (SSSR count). The summed E-state index contributed by atoms with van der Waals surface area (Å²) in [7, 11) is 0. The molecule has 0 unspecified atom stereocenters. The van der Waals surface area contributed by atoms with Crippen LogP contribution in [-0.2, 0) is 0 Å². The fourth-order valence-corrected chi connectivity index (χ4v) is 3.35.